The molecular weight excluding hydrogens is 276 g/mol. The molecule has 0 spiro atoms. The summed E-state index contributed by atoms with van der Waals surface area (Å²) in [5.74, 6) is -0.692. The number of carbonyl (C=O) groups is 2. The molecule has 22 heavy (non-hydrogen) atoms. The zero-order chi connectivity index (χ0) is 15.6. The van der Waals surface area contributed by atoms with Gasteiger partial charge in [0.25, 0.3) is 0 Å². The third kappa shape index (κ3) is 5.98. The molecule has 1 N–H and O–H groups in total. The number of nitrogens with zero attached hydrogens (tertiary/aromatic N) is 1. The van der Waals surface area contributed by atoms with Gasteiger partial charge in [0.05, 0.1) is 0 Å². The summed E-state index contributed by atoms with van der Waals surface area (Å²) in [5.41, 5.74) is 0. The van der Waals surface area contributed by atoms with Crippen LogP contribution in [-0.4, -0.2) is 35.8 Å². The minimum Gasteiger partial charge on any atom is -0.345 e. The first-order valence-corrected chi connectivity index (χ1v) is 9.37. The lowest BCUT2D eigenvalue weighted by atomic mass is 9.98. The molecule has 0 unspecified atom stereocenters. The fourth-order valence-corrected chi connectivity index (χ4v) is 3.62. The van der Waals surface area contributed by atoms with Crippen LogP contribution in [0.25, 0.3) is 0 Å². The van der Waals surface area contributed by atoms with E-state index < -0.39 is 0 Å². The lowest BCUT2D eigenvalue weighted by Gasteiger charge is -2.21. The molecule has 0 bridgehead atoms. The van der Waals surface area contributed by atoms with E-state index in [0.29, 0.717) is 0 Å². The van der Waals surface area contributed by atoms with Crippen LogP contribution in [0.5, 0.6) is 0 Å². The fraction of sp³-hybridized carbons (Fsp3) is 0.889. The average Bonchev–Trinajstić information content (AvgIpc) is 3.03. The second-order valence-electron chi connectivity index (χ2n) is 6.93. The second kappa shape index (κ2) is 9.86. The van der Waals surface area contributed by atoms with Crippen LogP contribution in [0.3, 0.4) is 0 Å². The maximum Gasteiger partial charge on any atom is 0.311 e. The van der Waals surface area contributed by atoms with E-state index in [9.17, 15) is 9.59 Å². The van der Waals surface area contributed by atoms with Gasteiger partial charge in [0.1, 0.15) is 0 Å². The summed E-state index contributed by atoms with van der Waals surface area (Å²) in [6, 6.07) is 0.193. The van der Waals surface area contributed by atoms with Crippen LogP contribution < -0.4 is 5.32 Å². The Hall–Kier alpha value is -1.06. The monoisotopic (exact) mass is 308 g/mol. The fourth-order valence-electron chi connectivity index (χ4n) is 3.62. The van der Waals surface area contributed by atoms with Crippen LogP contribution in [0.2, 0.25) is 0 Å². The minimum absolute atomic E-state index is 0.193. The van der Waals surface area contributed by atoms with Crippen LogP contribution in [-0.2, 0) is 9.59 Å². The largest absolute Gasteiger partial charge is 0.345 e. The van der Waals surface area contributed by atoms with E-state index in [-0.39, 0.29) is 17.9 Å². The van der Waals surface area contributed by atoms with Gasteiger partial charge in [0, 0.05) is 19.1 Å². The lowest BCUT2D eigenvalue weighted by Crippen LogP contribution is -2.45. The van der Waals surface area contributed by atoms with E-state index in [0.717, 1.165) is 38.8 Å². The molecule has 0 aromatic rings. The maximum absolute atomic E-state index is 12.2. The molecule has 4 nitrogen and oxygen atoms in total. The summed E-state index contributed by atoms with van der Waals surface area (Å²) in [6.07, 6.45) is 15.7. The van der Waals surface area contributed by atoms with Crippen molar-refractivity contribution in [3.8, 4) is 0 Å². The Kier molecular flexibility index (Phi) is 7.75. The zero-order valence-corrected chi connectivity index (χ0v) is 13.9. The molecule has 126 valence electrons. The number of nitrogens with one attached hydrogen (secondary N) is 1. The zero-order valence-electron chi connectivity index (χ0n) is 13.9. The van der Waals surface area contributed by atoms with Crippen molar-refractivity contribution in [1.29, 1.82) is 0 Å². The molecule has 2 amide bonds. The normalized spacial score (nSPS) is 22.6. The Morgan fingerprint density at radius 2 is 1.14 bits per heavy atom. The number of amides is 2. The van der Waals surface area contributed by atoms with Crippen LogP contribution in [0.1, 0.15) is 83.5 Å². The van der Waals surface area contributed by atoms with Crippen molar-refractivity contribution < 1.29 is 9.59 Å². The molecule has 2 aliphatic rings. The molecule has 4 heteroatoms. The van der Waals surface area contributed by atoms with Crippen molar-refractivity contribution in [1.82, 2.24) is 10.2 Å². The van der Waals surface area contributed by atoms with Crippen molar-refractivity contribution in [2.75, 3.05) is 13.1 Å². The van der Waals surface area contributed by atoms with Gasteiger partial charge in [-0.15, -0.1) is 0 Å². The molecule has 2 fully saturated rings. The summed E-state index contributed by atoms with van der Waals surface area (Å²) >= 11 is 0. The van der Waals surface area contributed by atoms with Crippen molar-refractivity contribution in [2.45, 2.75) is 89.5 Å². The summed E-state index contributed by atoms with van der Waals surface area (Å²) in [4.78, 5) is 26.0. The highest BCUT2D eigenvalue weighted by Crippen LogP contribution is 2.17. The van der Waals surface area contributed by atoms with Gasteiger partial charge < -0.3 is 10.2 Å². The highest BCUT2D eigenvalue weighted by Gasteiger charge is 2.26. The molecule has 0 atom stereocenters. The Labute approximate surface area is 135 Å². The van der Waals surface area contributed by atoms with Crippen LogP contribution >= 0.6 is 0 Å². The molecule has 0 radical (unpaired) electrons. The van der Waals surface area contributed by atoms with E-state index in [2.05, 4.69) is 5.32 Å². The van der Waals surface area contributed by atoms with E-state index in [4.69, 9.17) is 0 Å². The molecule has 0 aromatic carbocycles. The number of rotatable bonds is 1. The summed E-state index contributed by atoms with van der Waals surface area (Å²) in [6.45, 7) is 1.49. The van der Waals surface area contributed by atoms with Gasteiger partial charge >= 0.3 is 11.8 Å². The first-order valence-electron chi connectivity index (χ1n) is 9.37. The highest BCUT2D eigenvalue weighted by atomic mass is 16.2. The topological polar surface area (TPSA) is 49.4 Å². The van der Waals surface area contributed by atoms with Crippen molar-refractivity contribution in [3.63, 3.8) is 0 Å². The summed E-state index contributed by atoms with van der Waals surface area (Å²) < 4.78 is 0. The van der Waals surface area contributed by atoms with Gasteiger partial charge in [0.2, 0.25) is 0 Å². The van der Waals surface area contributed by atoms with E-state index >= 15 is 0 Å². The lowest BCUT2D eigenvalue weighted by molar-refractivity contribution is -0.145. The molecule has 1 saturated heterocycles. The third-order valence-corrected chi connectivity index (χ3v) is 5.03. The Balaban J connectivity index is 1.78. The number of carbonyl (C=O) groups excluding carboxylic acids is 2. The SMILES string of the molecule is O=C(NC1CCCCCCCCCCC1)C(=O)N1CCCC1. The van der Waals surface area contributed by atoms with Gasteiger partial charge in [-0.3, -0.25) is 9.59 Å². The van der Waals surface area contributed by atoms with Crippen molar-refractivity contribution in [2.24, 2.45) is 0 Å². The molecule has 2 rings (SSSR count). The Bertz CT molecular complexity index is 339. The Morgan fingerprint density at radius 1 is 0.682 bits per heavy atom. The maximum atomic E-state index is 12.2. The predicted molar refractivity (Wildman–Crippen MR) is 88.5 cm³/mol. The van der Waals surface area contributed by atoms with Crippen LogP contribution in [0.4, 0.5) is 0 Å². The predicted octanol–water partition coefficient (Wildman–Crippen LogP) is 3.40. The van der Waals surface area contributed by atoms with E-state index in [1.54, 1.807) is 4.90 Å². The van der Waals surface area contributed by atoms with Gasteiger partial charge in [-0.25, -0.2) is 0 Å². The number of hydrogen-bond acceptors (Lipinski definition) is 2. The van der Waals surface area contributed by atoms with Crippen molar-refractivity contribution in [3.05, 3.63) is 0 Å². The van der Waals surface area contributed by atoms with Crippen LogP contribution in [0, 0.1) is 0 Å². The molecule has 1 aliphatic carbocycles. The quantitative estimate of drug-likeness (QED) is 0.755. The van der Waals surface area contributed by atoms with Gasteiger partial charge in [-0.1, -0.05) is 57.8 Å². The van der Waals surface area contributed by atoms with Gasteiger partial charge in [-0.05, 0) is 25.7 Å². The summed E-state index contributed by atoms with van der Waals surface area (Å²) in [5, 5.41) is 3.02. The molecule has 1 aliphatic heterocycles. The molecular formula is C18H32N2O2. The standard InChI is InChI=1S/C18H32N2O2/c21-17(18(22)20-14-10-11-15-20)19-16-12-8-6-4-2-1-3-5-7-9-13-16/h16H,1-15H2,(H,19,21). The Morgan fingerprint density at radius 3 is 1.64 bits per heavy atom. The molecule has 0 aromatic heterocycles. The molecule has 1 heterocycles. The first-order chi connectivity index (χ1) is 10.8. The first kappa shape index (κ1) is 17.3. The van der Waals surface area contributed by atoms with Crippen molar-refractivity contribution >= 4 is 11.8 Å². The molecule has 1 saturated carbocycles. The van der Waals surface area contributed by atoms with Gasteiger partial charge in [0.15, 0.2) is 0 Å². The third-order valence-electron chi connectivity index (χ3n) is 5.03. The van der Waals surface area contributed by atoms with Crippen LogP contribution in [0.15, 0.2) is 0 Å². The summed E-state index contributed by atoms with van der Waals surface area (Å²) in [7, 11) is 0. The number of likely N-dealkylation sites (tertiary alicyclic amines) is 1. The second-order valence-corrected chi connectivity index (χ2v) is 6.93. The number of hydrogen-bond donors (Lipinski definition) is 1. The van der Waals surface area contributed by atoms with E-state index in [1.807, 2.05) is 0 Å². The van der Waals surface area contributed by atoms with E-state index in [1.165, 1.54) is 57.8 Å². The minimum atomic E-state index is -0.376. The highest BCUT2D eigenvalue weighted by molar-refractivity contribution is 6.35. The smallest absolute Gasteiger partial charge is 0.311 e. The average molecular weight is 308 g/mol. The van der Waals surface area contributed by atoms with Gasteiger partial charge in [-0.2, -0.15) is 0 Å².